The van der Waals surface area contributed by atoms with Crippen LogP contribution in [0, 0.1) is 5.41 Å². The smallest absolute Gasteiger partial charge is 0.408 e. The first-order chi connectivity index (χ1) is 14.7. The van der Waals surface area contributed by atoms with E-state index in [1.165, 1.54) is 12.1 Å². The van der Waals surface area contributed by atoms with Gasteiger partial charge in [0.2, 0.25) is 0 Å². The SMILES string of the molecule is CC(C)(C)C.O=C(O)CC[C@H](NC(=O)OCc1cc(=O)oc2cc(O)c(Br)cc12)C(=O)O. The molecule has 32 heavy (non-hydrogen) atoms. The fraction of sp³-hybridized carbons (Fsp3) is 0.429. The number of amides is 1. The lowest BCUT2D eigenvalue weighted by Crippen LogP contribution is -2.41. The minimum Gasteiger partial charge on any atom is -0.507 e. The average molecular weight is 516 g/mol. The number of phenols is 1. The summed E-state index contributed by atoms with van der Waals surface area (Å²) in [5, 5.41) is 29.7. The van der Waals surface area contributed by atoms with E-state index in [0.29, 0.717) is 15.3 Å². The van der Waals surface area contributed by atoms with E-state index < -0.39 is 36.1 Å². The second-order valence-electron chi connectivity index (χ2n) is 8.43. The van der Waals surface area contributed by atoms with Crippen molar-refractivity contribution in [3.63, 3.8) is 0 Å². The normalized spacial score (nSPS) is 11.8. The van der Waals surface area contributed by atoms with Crippen LogP contribution in [0.15, 0.2) is 31.9 Å². The molecule has 2 aromatic rings. The largest absolute Gasteiger partial charge is 0.507 e. The molecule has 0 unspecified atom stereocenters. The Morgan fingerprint density at radius 1 is 1.16 bits per heavy atom. The van der Waals surface area contributed by atoms with Crippen molar-refractivity contribution in [3.05, 3.63) is 38.7 Å². The summed E-state index contributed by atoms with van der Waals surface area (Å²) in [5.74, 6) is -2.75. The first-order valence-corrected chi connectivity index (χ1v) is 10.3. The molecule has 0 bridgehead atoms. The number of phenolic OH excluding ortho intramolecular Hbond substituents is 1. The summed E-state index contributed by atoms with van der Waals surface area (Å²) in [6.45, 7) is 8.37. The summed E-state index contributed by atoms with van der Waals surface area (Å²) < 4.78 is 10.2. The molecule has 2 rings (SSSR count). The van der Waals surface area contributed by atoms with Crippen LogP contribution >= 0.6 is 15.9 Å². The molecule has 1 atom stereocenters. The van der Waals surface area contributed by atoms with E-state index in [1.807, 2.05) is 0 Å². The number of halogens is 1. The van der Waals surface area contributed by atoms with Crippen LogP contribution in [0.4, 0.5) is 4.79 Å². The highest BCUT2D eigenvalue weighted by Crippen LogP contribution is 2.30. The number of aliphatic carboxylic acids is 2. The van der Waals surface area contributed by atoms with Crippen molar-refractivity contribution in [3.8, 4) is 5.75 Å². The fourth-order valence-electron chi connectivity index (χ4n) is 2.21. The van der Waals surface area contributed by atoms with Gasteiger partial charge in [-0.1, -0.05) is 27.7 Å². The van der Waals surface area contributed by atoms with Gasteiger partial charge in [0.25, 0.3) is 0 Å². The third-order valence-electron chi connectivity index (χ3n) is 3.49. The van der Waals surface area contributed by atoms with Gasteiger partial charge in [-0.3, -0.25) is 4.79 Å². The van der Waals surface area contributed by atoms with Gasteiger partial charge in [0, 0.05) is 29.5 Å². The molecule has 1 heterocycles. The van der Waals surface area contributed by atoms with Crippen molar-refractivity contribution in [2.24, 2.45) is 5.41 Å². The average Bonchev–Trinajstić information content (AvgIpc) is 2.62. The number of hydrogen-bond donors (Lipinski definition) is 4. The third-order valence-corrected chi connectivity index (χ3v) is 4.13. The van der Waals surface area contributed by atoms with Crippen LogP contribution < -0.4 is 10.9 Å². The molecular weight excluding hydrogens is 490 g/mol. The molecule has 0 radical (unpaired) electrons. The summed E-state index contributed by atoms with van der Waals surface area (Å²) >= 11 is 3.12. The van der Waals surface area contributed by atoms with Gasteiger partial charge in [-0.25, -0.2) is 14.4 Å². The van der Waals surface area contributed by atoms with E-state index in [9.17, 15) is 24.3 Å². The molecule has 1 amide bonds. The van der Waals surface area contributed by atoms with Crippen LogP contribution in [0.2, 0.25) is 0 Å². The van der Waals surface area contributed by atoms with Gasteiger partial charge >= 0.3 is 23.7 Å². The molecule has 0 aliphatic heterocycles. The van der Waals surface area contributed by atoms with Crippen molar-refractivity contribution < 1.29 is 38.9 Å². The number of fused-ring (bicyclic) bond motifs is 1. The zero-order valence-corrected chi connectivity index (χ0v) is 19.7. The number of carbonyl (C=O) groups excluding carboxylic acids is 1. The maximum Gasteiger partial charge on any atom is 0.408 e. The van der Waals surface area contributed by atoms with E-state index in [-0.39, 0.29) is 29.9 Å². The molecular formula is C21H26BrNO9. The summed E-state index contributed by atoms with van der Waals surface area (Å²) in [7, 11) is 0. The molecule has 11 heteroatoms. The van der Waals surface area contributed by atoms with Crippen molar-refractivity contribution in [2.45, 2.75) is 53.2 Å². The number of benzene rings is 1. The zero-order valence-electron chi connectivity index (χ0n) is 18.1. The number of hydrogen-bond acceptors (Lipinski definition) is 7. The second kappa shape index (κ2) is 11.5. The summed E-state index contributed by atoms with van der Waals surface area (Å²) in [5.41, 5.74) is 0.120. The molecule has 1 aromatic carbocycles. The lowest BCUT2D eigenvalue weighted by Gasteiger charge is -2.14. The lowest BCUT2D eigenvalue weighted by atomic mass is 10.0. The molecule has 0 aliphatic rings. The standard InChI is InChI=1S/C16H14BrNO9.C5H12/c17-9-4-8-7(3-14(22)27-12(8)5-11(9)19)6-26-16(25)18-10(15(23)24)1-2-13(20)21;1-5(2,3)4/h3-5,10,19H,1-2,6H2,(H,18,25)(H,20,21)(H,23,24);1-4H3/t10-;/m0./s1. The second-order valence-corrected chi connectivity index (χ2v) is 9.29. The Hall–Kier alpha value is -3.08. The number of nitrogens with one attached hydrogen (secondary N) is 1. The van der Waals surface area contributed by atoms with Crippen LogP contribution in [-0.4, -0.2) is 39.4 Å². The van der Waals surface area contributed by atoms with Crippen LogP contribution in [0.25, 0.3) is 11.0 Å². The molecule has 4 N–H and O–H groups in total. The van der Waals surface area contributed by atoms with E-state index in [1.54, 1.807) is 0 Å². The van der Waals surface area contributed by atoms with Crippen LogP contribution in [0.1, 0.15) is 46.1 Å². The van der Waals surface area contributed by atoms with Crippen molar-refractivity contribution in [2.75, 3.05) is 0 Å². The van der Waals surface area contributed by atoms with Gasteiger partial charge in [0.05, 0.1) is 4.47 Å². The molecule has 0 saturated carbocycles. The Bertz CT molecular complexity index is 1030. The zero-order chi connectivity index (χ0) is 24.6. The molecule has 10 nitrogen and oxygen atoms in total. The van der Waals surface area contributed by atoms with Crippen LogP contribution in [-0.2, 0) is 20.9 Å². The molecule has 0 saturated heterocycles. The maximum atomic E-state index is 11.8. The first-order valence-electron chi connectivity index (χ1n) is 9.50. The Labute approximate surface area is 192 Å². The minimum atomic E-state index is -1.43. The Morgan fingerprint density at radius 2 is 1.75 bits per heavy atom. The van der Waals surface area contributed by atoms with Gasteiger partial charge in [0.1, 0.15) is 24.0 Å². The monoisotopic (exact) mass is 515 g/mol. The van der Waals surface area contributed by atoms with Gasteiger partial charge in [0.15, 0.2) is 0 Å². The van der Waals surface area contributed by atoms with E-state index in [4.69, 9.17) is 19.4 Å². The highest BCUT2D eigenvalue weighted by atomic mass is 79.9. The fourth-order valence-corrected chi connectivity index (χ4v) is 2.55. The van der Waals surface area contributed by atoms with Crippen LogP contribution in [0.3, 0.4) is 0 Å². The van der Waals surface area contributed by atoms with Gasteiger partial charge in [-0.15, -0.1) is 0 Å². The summed E-state index contributed by atoms with van der Waals surface area (Å²) in [6, 6.07) is 2.35. The number of alkyl carbamates (subject to hydrolysis) is 1. The Morgan fingerprint density at radius 3 is 2.28 bits per heavy atom. The van der Waals surface area contributed by atoms with Crippen LogP contribution in [0.5, 0.6) is 5.75 Å². The molecule has 0 aliphatic carbocycles. The number of ether oxygens (including phenoxy) is 1. The van der Waals surface area contributed by atoms with Crippen molar-refractivity contribution in [1.82, 2.24) is 5.32 Å². The molecule has 0 fully saturated rings. The highest BCUT2D eigenvalue weighted by molar-refractivity contribution is 9.10. The number of carbonyl (C=O) groups is 3. The quantitative estimate of drug-likeness (QED) is 0.400. The summed E-state index contributed by atoms with van der Waals surface area (Å²) in [6.07, 6.45) is -1.85. The summed E-state index contributed by atoms with van der Waals surface area (Å²) in [4.78, 5) is 45.0. The Kier molecular flexibility index (Phi) is 9.70. The molecule has 176 valence electrons. The maximum absolute atomic E-state index is 11.8. The third kappa shape index (κ3) is 9.82. The highest BCUT2D eigenvalue weighted by Gasteiger charge is 2.22. The number of rotatable bonds is 7. The molecule has 0 spiro atoms. The van der Waals surface area contributed by atoms with E-state index in [2.05, 4.69) is 48.9 Å². The number of carboxylic acids is 2. The van der Waals surface area contributed by atoms with E-state index >= 15 is 0 Å². The van der Waals surface area contributed by atoms with E-state index in [0.717, 1.165) is 6.07 Å². The molecule has 1 aromatic heterocycles. The van der Waals surface area contributed by atoms with Gasteiger partial charge in [-0.2, -0.15) is 0 Å². The number of carboxylic acid groups (broad SMARTS) is 2. The lowest BCUT2D eigenvalue weighted by molar-refractivity contribution is -0.140. The van der Waals surface area contributed by atoms with Crippen molar-refractivity contribution >= 4 is 44.9 Å². The topological polar surface area (TPSA) is 163 Å². The number of aromatic hydroxyl groups is 1. The minimum absolute atomic E-state index is 0.0760. The Balaban J connectivity index is 0.000000920. The predicted octanol–water partition coefficient (Wildman–Crippen LogP) is 3.86. The van der Waals surface area contributed by atoms with Gasteiger partial charge < -0.3 is 29.8 Å². The van der Waals surface area contributed by atoms with Gasteiger partial charge in [-0.05, 0) is 33.8 Å². The van der Waals surface area contributed by atoms with Crippen molar-refractivity contribution in [1.29, 1.82) is 0 Å². The first kappa shape index (κ1) is 27.0. The predicted molar refractivity (Wildman–Crippen MR) is 119 cm³/mol.